The standard InChI is InChI=1S/C25H20N4O3S/c1-16-7-6-12-28-22(16)26-21(18-9-3-2-4-10-18)23(28)27-24(31)19-11-5-8-17(13-19)14-29-20(30)15-33-25(29)32/h2-13H,14-15H2,1H3,(H,27,31). The number of imidazole rings is 1. The van der Waals surface area contributed by atoms with Gasteiger partial charge in [-0.1, -0.05) is 60.3 Å². The number of amides is 3. The van der Waals surface area contributed by atoms with E-state index in [1.807, 2.05) is 60.0 Å². The van der Waals surface area contributed by atoms with Crippen molar-refractivity contribution in [2.45, 2.75) is 13.5 Å². The van der Waals surface area contributed by atoms with Crippen LogP contribution in [0, 0.1) is 6.92 Å². The number of nitrogens with one attached hydrogen (secondary N) is 1. The second-order valence-corrected chi connectivity index (χ2v) is 8.68. The van der Waals surface area contributed by atoms with Gasteiger partial charge in [0.25, 0.3) is 11.1 Å². The minimum absolute atomic E-state index is 0.149. The molecule has 3 heterocycles. The molecular formula is C25H20N4O3S. The van der Waals surface area contributed by atoms with Crippen molar-refractivity contribution >= 4 is 40.3 Å². The van der Waals surface area contributed by atoms with Gasteiger partial charge in [0.05, 0.1) is 12.3 Å². The normalized spacial score (nSPS) is 13.7. The average Bonchev–Trinajstić information content (AvgIpc) is 3.36. The Morgan fingerprint density at radius 3 is 2.64 bits per heavy atom. The molecule has 0 aliphatic carbocycles. The third-order valence-corrected chi connectivity index (χ3v) is 6.35. The lowest BCUT2D eigenvalue weighted by Gasteiger charge is -2.14. The van der Waals surface area contributed by atoms with Crippen LogP contribution in [0.2, 0.25) is 0 Å². The van der Waals surface area contributed by atoms with Gasteiger partial charge in [-0.25, -0.2) is 4.98 Å². The quantitative estimate of drug-likeness (QED) is 0.468. The van der Waals surface area contributed by atoms with Gasteiger partial charge in [-0.05, 0) is 36.2 Å². The minimum Gasteiger partial charge on any atom is -0.306 e. The Kier molecular flexibility index (Phi) is 5.43. The molecule has 164 valence electrons. The van der Waals surface area contributed by atoms with Crippen molar-refractivity contribution in [1.82, 2.24) is 14.3 Å². The fraction of sp³-hybridized carbons (Fsp3) is 0.120. The number of carbonyl (C=O) groups excluding carboxylic acids is 3. The molecule has 33 heavy (non-hydrogen) atoms. The third-order valence-electron chi connectivity index (χ3n) is 5.49. The van der Waals surface area contributed by atoms with Crippen molar-refractivity contribution in [2.24, 2.45) is 0 Å². The number of imide groups is 1. The molecule has 1 saturated heterocycles. The van der Waals surface area contributed by atoms with Crippen LogP contribution in [0.1, 0.15) is 21.5 Å². The number of hydrogen-bond acceptors (Lipinski definition) is 5. The van der Waals surface area contributed by atoms with Crippen LogP contribution < -0.4 is 5.32 Å². The first-order chi connectivity index (χ1) is 16.0. The number of rotatable bonds is 5. The van der Waals surface area contributed by atoms with Crippen LogP contribution in [0.25, 0.3) is 16.9 Å². The molecule has 0 bridgehead atoms. The molecule has 0 saturated carbocycles. The molecule has 0 radical (unpaired) electrons. The predicted molar refractivity (Wildman–Crippen MR) is 128 cm³/mol. The van der Waals surface area contributed by atoms with Crippen molar-refractivity contribution in [2.75, 3.05) is 11.1 Å². The fourth-order valence-electron chi connectivity index (χ4n) is 3.83. The van der Waals surface area contributed by atoms with Gasteiger partial charge < -0.3 is 5.32 Å². The van der Waals surface area contributed by atoms with E-state index in [1.165, 1.54) is 4.90 Å². The molecule has 8 heteroatoms. The zero-order valence-corrected chi connectivity index (χ0v) is 18.6. The molecule has 2 aromatic carbocycles. The Morgan fingerprint density at radius 1 is 1.06 bits per heavy atom. The predicted octanol–water partition coefficient (Wildman–Crippen LogP) is 4.76. The smallest absolute Gasteiger partial charge is 0.289 e. The molecule has 5 rings (SSSR count). The van der Waals surface area contributed by atoms with Crippen LogP contribution in [-0.4, -0.2) is 37.1 Å². The van der Waals surface area contributed by atoms with Gasteiger partial charge in [0, 0.05) is 17.3 Å². The molecule has 1 aliphatic heterocycles. The molecule has 1 fully saturated rings. The van der Waals surface area contributed by atoms with E-state index >= 15 is 0 Å². The van der Waals surface area contributed by atoms with Crippen molar-refractivity contribution in [3.8, 4) is 11.3 Å². The summed E-state index contributed by atoms with van der Waals surface area (Å²) in [5.74, 6) is 0.227. The lowest BCUT2D eigenvalue weighted by Crippen LogP contribution is -2.28. The number of aryl methyl sites for hydroxylation is 1. The summed E-state index contributed by atoms with van der Waals surface area (Å²) in [6.07, 6.45) is 1.87. The first kappa shape index (κ1) is 21.0. The zero-order chi connectivity index (χ0) is 22.9. The highest BCUT2D eigenvalue weighted by molar-refractivity contribution is 8.14. The van der Waals surface area contributed by atoms with Gasteiger partial charge >= 0.3 is 0 Å². The van der Waals surface area contributed by atoms with Gasteiger partial charge in [-0.15, -0.1) is 0 Å². The second-order valence-electron chi connectivity index (χ2n) is 7.75. The topological polar surface area (TPSA) is 83.8 Å². The van der Waals surface area contributed by atoms with Gasteiger partial charge in [-0.3, -0.25) is 23.7 Å². The number of benzene rings is 2. The number of fused-ring (bicyclic) bond motifs is 1. The Hall–Kier alpha value is -3.91. The molecule has 2 aromatic heterocycles. The maximum Gasteiger partial charge on any atom is 0.289 e. The molecule has 1 aliphatic rings. The summed E-state index contributed by atoms with van der Waals surface area (Å²) >= 11 is 0.996. The number of aromatic nitrogens is 2. The number of carbonyl (C=O) groups is 3. The molecule has 0 unspecified atom stereocenters. The highest BCUT2D eigenvalue weighted by Crippen LogP contribution is 2.30. The Labute approximate surface area is 194 Å². The van der Waals surface area contributed by atoms with E-state index in [4.69, 9.17) is 4.98 Å². The highest BCUT2D eigenvalue weighted by atomic mass is 32.2. The lowest BCUT2D eigenvalue weighted by atomic mass is 10.1. The fourth-order valence-corrected chi connectivity index (χ4v) is 4.55. The number of pyridine rings is 1. The Bertz CT molecular complexity index is 1380. The van der Waals surface area contributed by atoms with E-state index in [1.54, 1.807) is 24.3 Å². The molecule has 7 nitrogen and oxygen atoms in total. The van der Waals surface area contributed by atoms with Gasteiger partial charge in [-0.2, -0.15) is 0 Å². The maximum atomic E-state index is 13.2. The SMILES string of the molecule is Cc1cccn2c(NC(=O)c3cccc(CN4C(=O)CSC4=O)c3)c(-c3ccccc3)nc12. The molecule has 1 N–H and O–H groups in total. The van der Waals surface area contributed by atoms with Gasteiger partial charge in [0.1, 0.15) is 17.2 Å². The van der Waals surface area contributed by atoms with E-state index in [-0.39, 0.29) is 29.4 Å². The van der Waals surface area contributed by atoms with Gasteiger partial charge in [0.15, 0.2) is 0 Å². The van der Waals surface area contributed by atoms with Crippen LogP contribution in [0.4, 0.5) is 10.6 Å². The zero-order valence-electron chi connectivity index (χ0n) is 17.8. The number of thioether (sulfide) groups is 1. The van der Waals surface area contributed by atoms with Crippen LogP contribution in [0.5, 0.6) is 0 Å². The number of hydrogen-bond donors (Lipinski definition) is 1. The highest BCUT2D eigenvalue weighted by Gasteiger charge is 2.30. The summed E-state index contributed by atoms with van der Waals surface area (Å²) in [7, 11) is 0. The summed E-state index contributed by atoms with van der Waals surface area (Å²) in [4.78, 5) is 43.1. The first-order valence-electron chi connectivity index (χ1n) is 10.4. The summed E-state index contributed by atoms with van der Waals surface area (Å²) in [5, 5.41) is 2.76. The summed E-state index contributed by atoms with van der Waals surface area (Å²) < 4.78 is 1.87. The summed E-state index contributed by atoms with van der Waals surface area (Å²) in [6.45, 7) is 2.13. The monoisotopic (exact) mass is 456 g/mol. The first-order valence-corrected chi connectivity index (χ1v) is 11.4. The largest absolute Gasteiger partial charge is 0.306 e. The van der Waals surface area contributed by atoms with Crippen molar-refractivity contribution in [1.29, 1.82) is 0 Å². The molecule has 3 amide bonds. The second kappa shape index (κ2) is 8.55. The molecule has 4 aromatic rings. The Balaban J connectivity index is 1.48. The number of nitrogens with zero attached hydrogens (tertiary/aromatic N) is 3. The third kappa shape index (κ3) is 4.01. The van der Waals surface area contributed by atoms with E-state index in [2.05, 4.69) is 5.32 Å². The summed E-state index contributed by atoms with van der Waals surface area (Å²) in [6, 6.07) is 20.6. The van der Waals surface area contributed by atoms with Crippen LogP contribution in [0.15, 0.2) is 72.9 Å². The van der Waals surface area contributed by atoms with E-state index in [0.29, 0.717) is 22.6 Å². The van der Waals surface area contributed by atoms with E-state index < -0.39 is 0 Å². The Morgan fingerprint density at radius 2 is 1.88 bits per heavy atom. The van der Waals surface area contributed by atoms with E-state index in [9.17, 15) is 14.4 Å². The summed E-state index contributed by atoms with van der Waals surface area (Å²) in [5.41, 5.74) is 4.48. The van der Waals surface area contributed by atoms with Crippen molar-refractivity contribution in [3.63, 3.8) is 0 Å². The average molecular weight is 457 g/mol. The van der Waals surface area contributed by atoms with Gasteiger partial charge in [0.2, 0.25) is 5.91 Å². The number of anilines is 1. The molecular weight excluding hydrogens is 436 g/mol. The molecule has 0 atom stereocenters. The van der Waals surface area contributed by atoms with Crippen LogP contribution in [0.3, 0.4) is 0 Å². The minimum atomic E-state index is -0.300. The van der Waals surface area contributed by atoms with Crippen molar-refractivity contribution < 1.29 is 14.4 Å². The lowest BCUT2D eigenvalue weighted by molar-refractivity contribution is -0.125. The van der Waals surface area contributed by atoms with Crippen LogP contribution >= 0.6 is 11.8 Å². The maximum absolute atomic E-state index is 13.2. The van der Waals surface area contributed by atoms with Crippen molar-refractivity contribution in [3.05, 3.63) is 89.6 Å². The van der Waals surface area contributed by atoms with E-state index in [0.717, 1.165) is 28.5 Å². The molecule has 0 spiro atoms. The van der Waals surface area contributed by atoms with Crippen LogP contribution in [-0.2, 0) is 11.3 Å².